The van der Waals surface area contributed by atoms with Crippen molar-refractivity contribution in [3.63, 3.8) is 0 Å². The maximum atomic E-state index is 13.3. The Hall–Kier alpha value is -3.60. The fraction of sp³-hybridized carbons (Fsp3) is 0.429. The molecule has 10 rings (SSSR count). The molecule has 16 heteroatoms. The number of aliphatic hydroxyl groups is 1. The van der Waals surface area contributed by atoms with Gasteiger partial charge in [0, 0.05) is 60.9 Å². The van der Waals surface area contributed by atoms with Crippen LogP contribution in [0.15, 0.2) is 88.7 Å². The fourth-order valence-corrected chi connectivity index (χ4v) is 9.57. The minimum absolute atomic E-state index is 0. The second-order valence-electron chi connectivity index (χ2n) is 14.7. The Morgan fingerprint density at radius 1 is 0.621 bits per heavy atom. The molecule has 0 radical (unpaired) electrons. The molecule has 3 fully saturated rings. The third-order valence-electron chi connectivity index (χ3n) is 11.4. The minimum atomic E-state index is -4.35. The van der Waals surface area contributed by atoms with E-state index in [4.69, 9.17) is 33.5 Å². The van der Waals surface area contributed by atoms with E-state index in [1.807, 2.05) is 53.4 Å². The largest absolute Gasteiger partial charge is 0.454 e. The summed E-state index contributed by atoms with van der Waals surface area (Å²) >= 11 is 1.53. The second-order valence-corrected chi connectivity index (χ2v) is 15.8. The molecule has 0 aromatic heterocycles. The van der Waals surface area contributed by atoms with Gasteiger partial charge in [0.05, 0.1) is 49.0 Å². The molecule has 0 bridgehead atoms. The van der Waals surface area contributed by atoms with Gasteiger partial charge in [-0.05, 0) is 78.7 Å². The van der Waals surface area contributed by atoms with Crippen LogP contribution in [-0.4, -0.2) is 94.1 Å². The molecule has 0 spiro atoms. The number of ether oxygens (including phenoxy) is 6. The van der Waals surface area contributed by atoms with E-state index in [9.17, 15) is 13.2 Å². The summed E-state index contributed by atoms with van der Waals surface area (Å²) in [6, 6.07) is 24.1. The van der Waals surface area contributed by atoms with Gasteiger partial charge < -0.3 is 43.3 Å². The molecule has 4 aromatic rings. The maximum absolute atomic E-state index is 13.3. The van der Waals surface area contributed by atoms with Gasteiger partial charge in [0.2, 0.25) is 13.6 Å². The zero-order valence-corrected chi connectivity index (χ0v) is 34.1. The van der Waals surface area contributed by atoms with E-state index in [1.165, 1.54) is 23.9 Å². The van der Waals surface area contributed by atoms with Crippen LogP contribution in [-0.2, 0) is 15.7 Å². The van der Waals surface area contributed by atoms with Gasteiger partial charge in [-0.15, -0.1) is 24.8 Å². The number of alkyl halides is 3. The highest BCUT2D eigenvalue weighted by Crippen LogP contribution is 2.52. The number of halogens is 5. The number of nitrogens with zero attached hydrogens (tertiary/aromatic N) is 3. The summed E-state index contributed by atoms with van der Waals surface area (Å²) in [5.74, 6) is 3.83. The number of benzene rings is 4. The highest BCUT2D eigenvalue weighted by atomic mass is 35.5. The lowest BCUT2D eigenvalue weighted by atomic mass is 9.85. The van der Waals surface area contributed by atoms with E-state index in [0.29, 0.717) is 43.8 Å². The Morgan fingerprint density at radius 2 is 1.17 bits per heavy atom. The average Bonchev–Trinajstić information content (AvgIpc) is 4.03. The number of fused-ring (bicyclic) bond motifs is 5. The highest BCUT2D eigenvalue weighted by molar-refractivity contribution is 7.99. The van der Waals surface area contributed by atoms with Crippen LogP contribution in [0.1, 0.15) is 35.3 Å². The number of rotatable bonds is 8. The molecule has 6 aliphatic heterocycles. The summed E-state index contributed by atoms with van der Waals surface area (Å²) in [5.41, 5.74) is 3.25. The Balaban J connectivity index is 0.000000172. The molecule has 4 unspecified atom stereocenters. The Bertz CT molecular complexity index is 1970. The molecular weight excluding hydrogens is 818 g/mol. The van der Waals surface area contributed by atoms with Crippen molar-refractivity contribution in [2.24, 2.45) is 11.8 Å². The normalized spacial score (nSPS) is 22.9. The first kappa shape index (κ1) is 42.5. The zero-order chi connectivity index (χ0) is 38.2. The SMILES string of the molecule is Cl.Cl.OCCN1CCN(CCCN2c3ccccc3Sc3ccc(C(F)(F)F)cc32)CC1.c1cc2c(cc1C1OCC3C(c4ccc5c(c4)OCO5)OCC13)OCO2. The van der Waals surface area contributed by atoms with Crippen LogP contribution >= 0.6 is 36.6 Å². The second kappa shape index (κ2) is 18.3. The number of hydrogen-bond donors (Lipinski definition) is 1. The lowest BCUT2D eigenvalue weighted by Gasteiger charge is -2.36. The summed E-state index contributed by atoms with van der Waals surface area (Å²) in [4.78, 5) is 8.62. The molecule has 10 nitrogen and oxygen atoms in total. The molecule has 1 N–H and O–H groups in total. The van der Waals surface area contributed by atoms with E-state index in [-0.39, 0.29) is 57.2 Å². The number of para-hydroxylation sites is 1. The van der Waals surface area contributed by atoms with Crippen LogP contribution in [0.25, 0.3) is 0 Å². The number of hydrogen-bond acceptors (Lipinski definition) is 11. The first-order valence-electron chi connectivity index (χ1n) is 19.2. The lowest BCUT2D eigenvalue weighted by molar-refractivity contribution is -0.137. The first-order chi connectivity index (χ1) is 27.3. The molecular formula is C42H46Cl2F3N3O7S. The summed E-state index contributed by atoms with van der Waals surface area (Å²) in [6.07, 6.45) is -3.44. The van der Waals surface area contributed by atoms with Crippen LogP contribution in [0.4, 0.5) is 24.5 Å². The molecule has 6 heterocycles. The molecule has 0 amide bonds. The maximum Gasteiger partial charge on any atom is 0.416 e. The van der Waals surface area contributed by atoms with Crippen LogP contribution < -0.4 is 23.8 Å². The van der Waals surface area contributed by atoms with Gasteiger partial charge in [-0.3, -0.25) is 4.90 Å². The Morgan fingerprint density at radius 3 is 1.76 bits per heavy atom. The Kier molecular flexibility index (Phi) is 13.4. The van der Waals surface area contributed by atoms with Crippen molar-refractivity contribution >= 4 is 48.0 Å². The van der Waals surface area contributed by atoms with Crippen molar-refractivity contribution in [3.8, 4) is 23.0 Å². The van der Waals surface area contributed by atoms with Crippen molar-refractivity contribution < 1.29 is 46.7 Å². The molecule has 4 atom stereocenters. The summed E-state index contributed by atoms with van der Waals surface area (Å²) in [7, 11) is 0. The van der Waals surface area contributed by atoms with E-state index < -0.39 is 11.7 Å². The van der Waals surface area contributed by atoms with Gasteiger partial charge in [-0.25, -0.2) is 0 Å². The van der Waals surface area contributed by atoms with E-state index in [0.717, 1.165) is 88.7 Å². The smallest absolute Gasteiger partial charge is 0.416 e. The predicted molar refractivity (Wildman–Crippen MR) is 218 cm³/mol. The first-order valence-corrected chi connectivity index (χ1v) is 20.0. The third kappa shape index (κ3) is 8.80. The zero-order valence-electron chi connectivity index (χ0n) is 31.6. The average molecular weight is 865 g/mol. The van der Waals surface area contributed by atoms with Gasteiger partial charge in [0.1, 0.15) is 0 Å². The predicted octanol–water partition coefficient (Wildman–Crippen LogP) is 8.37. The van der Waals surface area contributed by atoms with Crippen molar-refractivity contribution in [1.29, 1.82) is 0 Å². The van der Waals surface area contributed by atoms with Gasteiger partial charge in [-0.1, -0.05) is 36.0 Å². The number of anilines is 2. The molecule has 4 aromatic carbocycles. The molecule has 58 heavy (non-hydrogen) atoms. The molecule has 0 saturated carbocycles. The summed E-state index contributed by atoms with van der Waals surface area (Å²) in [6.45, 7) is 8.23. The summed E-state index contributed by atoms with van der Waals surface area (Å²) in [5, 5.41) is 9.07. The fourth-order valence-electron chi connectivity index (χ4n) is 8.49. The monoisotopic (exact) mass is 863 g/mol. The lowest BCUT2D eigenvalue weighted by Crippen LogP contribution is -2.47. The minimum Gasteiger partial charge on any atom is -0.454 e. The molecule has 3 saturated heterocycles. The van der Waals surface area contributed by atoms with Gasteiger partial charge in [-0.2, -0.15) is 13.2 Å². The van der Waals surface area contributed by atoms with Gasteiger partial charge in [0.15, 0.2) is 23.0 Å². The van der Waals surface area contributed by atoms with E-state index in [2.05, 4.69) is 21.9 Å². The van der Waals surface area contributed by atoms with Crippen molar-refractivity contribution in [2.45, 2.75) is 34.6 Å². The molecule has 0 aliphatic carbocycles. The third-order valence-corrected chi connectivity index (χ3v) is 12.5. The molecule has 312 valence electrons. The van der Waals surface area contributed by atoms with Crippen LogP contribution in [0.2, 0.25) is 0 Å². The van der Waals surface area contributed by atoms with Crippen molar-refractivity contribution in [1.82, 2.24) is 9.80 Å². The van der Waals surface area contributed by atoms with Crippen LogP contribution in [0.5, 0.6) is 23.0 Å². The number of piperazine rings is 1. The van der Waals surface area contributed by atoms with Crippen molar-refractivity contribution in [3.05, 3.63) is 95.6 Å². The van der Waals surface area contributed by atoms with Crippen LogP contribution in [0, 0.1) is 11.8 Å². The quantitative estimate of drug-likeness (QED) is 0.186. The topological polar surface area (TPSA) is 85.3 Å². The molecule has 6 aliphatic rings. The standard InChI is InChI=1S/C22H26F3N3OS.C20H18O6.2ClH/c23-22(24,25)17-6-7-21-19(16-17)28(18-4-1-2-5-20(18)30-21)9-3-8-26-10-12-27(13-11-26)14-15-29;1-3-15-17(25-9-23-15)5-11(1)19-13-7-22-20(14(13)8-21-19)12-2-4-16-18(6-12)26-10-24-16;;/h1-2,4-7,16,29H,3,8-15H2;1-6,13-14,19-20H,7-10H2;2*1H. The van der Waals surface area contributed by atoms with Crippen molar-refractivity contribution in [2.75, 3.05) is 84.1 Å². The number of β-amino-alcohol motifs (C(OH)–C–C–N with tert-alkyl or cyclic N) is 1. The Labute approximate surface area is 352 Å². The van der Waals surface area contributed by atoms with E-state index in [1.54, 1.807) is 6.07 Å². The number of aliphatic hydroxyl groups excluding tert-OH is 1. The summed E-state index contributed by atoms with van der Waals surface area (Å²) < 4.78 is 74.1. The van der Waals surface area contributed by atoms with Gasteiger partial charge in [0.25, 0.3) is 0 Å². The van der Waals surface area contributed by atoms with Crippen LogP contribution in [0.3, 0.4) is 0 Å². The van der Waals surface area contributed by atoms with Gasteiger partial charge >= 0.3 is 6.18 Å². The highest BCUT2D eigenvalue weighted by Gasteiger charge is 2.48. The van der Waals surface area contributed by atoms with E-state index >= 15 is 0 Å².